The lowest BCUT2D eigenvalue weighted by atomic mass is 9.86. The third kappa shape index (κ3) is 4.84. The van der Waals surface area contributed by atoms with Gasteiger partial charge < -0.3 is 9.64 Å². The Hall–Kier alpha value is -1.43. The summed E-state index contributed by atoms with van der Waals surface area (Å²) in [4.78, 5) is 31.7. The van der Waals surface area contributed by atoms with E-state index in [2.05, 4.69) is 9.88 Å². The number of thiazole rings is 1. The monoisotopic (exact) mass is 378 g/mol. The van der Waals surface area contributed by atoms with Gasteiger partial charge in [-0.15, -0.1) is 11.3 Å². The first-order valence-electron chi connectivity index (χ1n) is 10.1. The molecule has 1 aromatic rings. The van der Waals surface area contributed by atoms with Gasteiger partial charge in [0.15, 0.2) is 5.69 Å². The molecule has 0 atom stereocenters. The second-order valence-corrected chi connectivity index (χ2v) is 8.38. The Bertz CT molecular complexity index is 604. The van der Waals surface area contributed by atoms with Crippen molar-refractivity contribution >= 4 is 23.2 Å². The molecule has 1 heterocycles. The first-order chi connectivity index (χ1) is 12.7. The fraction of sp³-hybridized carbons (Fsp3) is 0.750. The molecule has 0 bridgehead atoms. The van der Waals surface area contributed by atoms with Gasteiger partial charge in [0.25, 0.3) is 0 Å². The first-order valence-corrected chi connectivity index (χ1v) is 11.0. The molecular formula is C20H30N2O3S. The maximum atomic E-state index is 13.3. The molecule has 0 radical (unpaired) electrons. The van der Waals surface area contributed by atoms with Crippen LogP contribution in [0.4, 0.5) is 0 Å². The van der Waals surface area contributed by atoms with Gasteiger partial charge in [0, 0.05) is 17.3 Å². The number of ether oxygens (including phenoxy) is 1. The summed E-state index contributed by atoms with van der Waals surface area (Å²) in [7, 11) is 0. The van der Waals surface area contributed by atoms with E-state index in [1.165, 1.54) is 49.9 Å². The van der Waals surface area contributed by atoms with Crippen LogP contribution in [0.1, 0.15) is 86.6 Å². The van der Waals surface area contributed by atoms with Crippen molar-refractivity contribution in [2.45, 2.75) is 83.7 Å². The Balaban J connectivity index is 1.72. The van der Waals surface area contributed by atoms with E-state index in [0.29, 0.717) is 30.8 Å². The summed E-state index contributed by atoms with van der Waals surface area (Å²) in [6.45, 7) is 2.67. The summed E-state index contributed by atoms with van der Waals surface area (Å²) >= 11 is 1.45. The highest BCUT2D eigenvalue weighted by Crippen LogP contribution is 2.31. The molecule has 0 aromatic carbocycles. The van der Waals surface area contributed by atoms with Gasteiger partial charge in [-0.05, 0) is 32.6 Å². The maximum Gasteiger partial charge on any atom is 0.357 e. The molecule has 3 rings (SSSR count). The number of esters is 1. The number of nitrogens with zero attached hydrogens (tertiary/aromatic N) is 2. The van der Waals surface area contributed by atoms with Crippen LogP contribution < -0.4 is 0 Å². The van der Waals surface area contributed by atoms with Crippen molar-refractivity contribution in [1.29, 1.82) is 0 Å². The fourth-order valence-corrected chi connectivity index (χ4v) is 4.95. The zero-order valence-electron chi connectivity index (χ0n) is 15.7. The summed E-state index contributed by atoms with van der Waals surface area (Å²) < 4.78 is 5.03. The van der Waals surface area contributed by atoms with Crippen LogP contribution in [0.5, 0.6) is 0 Å². The molecule has 2 aliphatic rings. The van der Waals surface area contributed by atoms with Crippen molar-refractivity contribution in [3.8, 4) is 0 Å². The largest absolute Gasteiger partial charge is 0.461 e. The molecule has 0 saturated heterocycles. The Kier molecular flexibility index (Phi) is 7.06. The van der Waals surface area contributed by atoms with Crippen LogP contribution in [0.3, 0.4) is 0 Å². The quantitative estimate of drug-likeness (QED) is 0.681. The summed E-state index contributed by atoms with van der Waals surface area (Å²) in [6, 6.07) is 0.327. The van der Waals surface area contributed by atoms with E-state index >= 15 is 0 Å². The standard InChI is InChI=1S/C20H30N2O3S/c1-2-25-20(24)17-14-26-18(21-17)13-22(16-11-7-4-8-12-16)19(23)15-9-5-3-6-10-15/h14-16H,2-13H2,1H3. The van der Waals surface area contributed by atoms with Crippen LogP contribution in [0, 0.1) is 5.92 Å². The third-order valence-corrected chi connectivity index (χ3v) is 6.43. The van der Waals surface area contributed by atoms with E-state index in [1.54, 1.807) is 12.3 Å². The van der Waals surface area contributed by atoms with Gasteiger partial charge in [-0.2, -0.15) is 0 Å². The molecule has 2 fully saturated rings. The lowest BCUT2D eigenvalue weighted by molar-refractivity contribution is -0.140. The molecule has 0 aliphatic heterocycles. The number of hydrogen-bond acceptors (Lipinski definition) is 5. The van der Waals surface area contributed by atoms with Crippen LogP contribution in [0.2, 0.25) is 0 Å². The SMILES string of the molecule is CCOC(=O)c1csc(CN(C(=O)C2CCCCC2)C2CCCCC2)n1. The summed E-state index contributed by atoms with van der Waals surface area (Å²) in [5, 5.41) is 2.58. The van der Waals surface area contributed by atoms with Crippen LogP contribution in [0.15, 0.2) is 5.38 Å². The van der Waals surface area contributed by atoms with Crippen molar-refractivity contribution in [1.82, 2.24) is 9.88 Å². The van der Waals surface area contributed by atoms with Crippen LogP contribution in [-0.2, 0) is 16.1 Å². The summed E-state index contributed by atoms with van der Waals surface area (Å²) in [6.07, 6.45) is 11.5. The smallest absolute Gasteiger partial charge is 0.357 e. The summed E-state index contributed by atoms with van der Waals surface area (Å²) in [5.74, 6) is 0.109. The molecule has 144 valence electrons. The molecule has 6 heteroatoms. The zero-order valence-corrected chi connectivity index (χ0v) is 16.6. The van der Waals surface area contributed by atoms with Gasteiger partial charge in [-0.25, -0.2) is 9.78 Å². The van der Waals surface area contributed by atoms with Crippen molar-refractivity contribution in [3.05, 3.63) is 16.1 Å². The Morgan fingerprint density at radius 1 is 1.12 bits per heavy atom. The molecule has 0 unspecified atom stereocenters. The number of hydrogen-bond donors (Lipinski definition) is 0. The maximum absolute atomic E-state index is 13.3. The number of rotatable bonds is 6. The normalized spacial score (nSPS) is 19.3. The molecule has 0 spiro atoms. The minimum absolute atomic E-state index is 0.176. The van der Waals surface area contributed by atoms with E-state index in [1.807, 2.05) is 0 Å². The highest BCUT2D eigenvalue weighted by Gasteiger charge is 2.32. The van der Waals surface area contributed by atoms with E-state index in [9.17, 15) is 9.59 Å². The predicted molar refractivity (Wildman–Crippen MR) is 102 cm³/mol. The minimum Gasteiger partial charge on any atom is -0.461 e. The van der Waals surface area contributed by atoms with Crippen molar-refractivity contribution in [2.24, 2.45) is 5.92 Å². The van der Waals surface area contributed by atoms with Crippen molar-refractivity contribution in [2.75, 3.05) is 6.61 Å². The molecule has 26 heavy (non-hydrogen) atoms. The van der Waals surface area contributed by atoms with Crippen LogP contribution >= 0.6 is 11.3 Å². The van der Waals surface area contributed by atoms with E-state index in [-0.39, 0.29) is 11.9 Å². The fourth-order valence-electron chi connectivity index (χ4n) is 4.19. The van der Waals surface area contributed by atoms with Gasteiger partial charge in [-0.1, -0.05) is 38.5 Å². The Labute approximate surface area is 160 Å². The first kappa shape index (κ1) is 19.3. The van der Waals surface area contributed by atoms with Crippen LogP contribution in [-0.4, -0.2) is 34.4 Å². The van der Waals surface area contributed by atoms with Crippen molar-refractivity contribution in [3.63, 3.8) is 0 Å². The molecule has 5 nitrogen and oxygen atoms in total. The van der Waals surface area contributed by atoms with Gasteiger partial charge in [-0.3, -0.25) is 4.79 Å². The number of aromatic nitrogens is 1. The van der Waals surface area contributed by atoms with Crippen LogP contribution in [0.25, 0.3) is 0 Å². The van der Waals surface area contributed by atoms with Crippen molar-refractivity contribution < 1.29 is 14.3 Å². The molecule has 2 saturated carbocycles. The lowest BCUT2D eigenvalue weighted by Crippen LogP contribution is -2.44. The van der Waals surface area contributed by atoms with Gasteiger partial charge in [0.1, 0.15) is 5.01 Å². The summed E-state index contributed by atoms with van der Waals surface area (Å²) in [5.41, 5.74) is 0.362. The van der Waals surface area contributed by atoms with Gasteiger partial charge in [0.2, 0.25) is 5.91 Å². The van der Waals surface area contributed by atoms with E-state index in [0.717, 1.165) is 30.7 Å². The van der Waals surface area contributed by atoms with Gasteiger partial charge in [0.05, 0.1) is 13.2 Å². The molecule has 0 N–H and O–H groups in total. The Morgan fingerprint density at radius 3 is 2.42 bits per heavy atom. The average Bonchev–Trinajstić information content (AvgIpc) is 3.16. The highest BCUT2D eigenvalue weighted by molar-refractivity contribution is 7.09. The Morgan fingerprint density at radius 2 is 1.77 bits per heavy atom. The molecule has 1 aromatic heterocycles. The zero-order chi connectivity index (χ0) is 18.4. The number of carbonyl (C=O) groups is 2. The lowest BCUT2D eigenvalue weighted by Gasteiger charge is -2.37. The minimum atomic E-state index is -0.377. The second kappa shape index (κ2) is 9.49. The topological polar surface area (TPSA) is 59.5 Å². The highest BCUT2D eigenvalue weighted by atomic mass is 32.1. The van der Waals surface area contributed by atoms with E-state index < -0.39 is 0 Å². The predicted octanol–water partition coefficient (Wildman–Crippen LogP) is 4.56. The molecular weight excluding hydrogens is 348 g/mol. The van der Waals surface area contributed by atoms with Gasteiger partial charge >= 0.3 is 5.97 Å². The second-order valence-electron chi connectivity index (χ2n) is 7.44. The number of amides is 1. The molecule has 1 amide bonds. The van der Waals surface area contributed by atoms with E-state index in [4.69, 9.17) is 4.74 Å². The number of carbonyl (C=O) groups excluding carboxylic acids is 2. The third-order valence-electron chi connectivity index (χ3n) is 5.59. The molecule has 2 aliphatic carbocycles. The average molecular weight is 379 g/mol.